The van der Waals surface area contributed by atoms with E-state index in [1.165, 1.54) is 27.1 Å². The van der Waals surface area contributed by atoms with Crippen LogP contribution in [0.5, 0.6) is 5.75 Å². The van der Waals surface area contributed by atoms with Crippen LogP contribution < -0.4 is 10.1 Å². The number of hydrogen-bond acceptors (Lipinski definition) is 5. The Labute approximate surface area is 237 Å². The Morgan fingerprint density at radius 1 is 0.789 bits per heavy atom. The molecular weight excluding hydrogens is 523 g/mol. The van der Waals surface area contributed by atoms with Gasteiger partial charge >= 0.3 is 0 Å². The van der Waals surface area contributed by atoms with Gasteiger partial charge in [0.25, 0.3) is 0 Å². The van der Waals surface area contributed by atoms with Crippen LogP contribution in [0.25, 0.3) is 11.1 Å². The van der Waals surface area contributed by atoms with Crippen molar-refractivity contribution in [1.82, 2.24) is 0 Å². The SMILES string of the molecule is CCOc1cc2c(c(C(c3ccccc3)(c3ccccc3)c3ccccc3)c1)NC(C)(C)c1ssc(=S)c1-2. The van der Waals surface area contributed by atoms with Crippen molar-refractivity contribution in [2.45, 2.75) is 31.7 Å². The van der Waals surface area contributed by atoms with Crippen molar-refractivity contribution in [3.8, 4) is 16.9 Å². The average molecular weight is 552 g/mol. The first-order valence-corrected chi connectivity index (χ1v) is 15.4. The van der Waals surface area contributed by atoms with Gasteiger partial charge in [0.2, 0.25) is 0 Å². The Bertz CT molecular complexity index is 1540. The topological polar surface area (TPSA) is 21.3 Å². The predicted molar refractivity (Wildman–Crippen MR) is 165 cm³/mol. The van der Waals surface area contributed by atoms with Crippen molar-refractivity contribution in [2.75, 3.05) is 11.9 Å². The summed E-state index contributed by atoms with van der Waals surface area (Å²) >= 11 is 5.94. The first kappa shape index (κ1) is 25.1. The minimum absolute atomic E-state index is 0.266. The molecule has 0 unspecified atom stereocenters. The summed E-state index contributed by atoms with van der Waals surface area (Å²) in [4.78, 5) is 1.28. The van der Waals surface area contributed by atoms with E-state index in [0.717, 1.165) is 26.4 Å². The number of fused-ring (bicyclic) bond motifs is 3. The fourth-order valence-corrected chi connectivity index (χ4v) is 9.06. The van der Waals surface area contributed by atoms with E-state index in [0.29, 0.717) is 6.61 Å². The standard InChI is InChI=1S/C33H29NOS3/c1-4-35-25-20-26-28-30(37-38-31(28)36)32(2,3)34-29(26)27(21-25)33(22-14-8-5-9-15-22,23-16-10-6-11-17-23)24-18-12-7-13-19-24/h5-21,34H,4H2,1-3H3. The second-order valence-electron chi connectivity index (χ2n) is 10.1. The van der Waals surface area contributed by atoms with Crippen LogP contribution in [0.1, 0.15) is 47.9 Å². The molecule has 0 fully saturated rings. The summed E-state index contributed by atoms with van der Waals surface area (Å²) < 4.78 is 7.18. The molecule has 4 aromatic carbocycles. The van der Waals surface area contributed by atoms with E-state index >= 15 is 0 Å². The first-order valence-electron chi connectivity index (χ1n) is 12.9. The van der Waals surface area contributed by atoms with Gasteiger partial charge in [-0.05, 0) is 55.2 Å². The van der Waals surface area contributed by atoms with E-state index in [-0.39, 0.29) is 5.54 Å². The molecule has 0 aliphatic carbocycles. The summed E-state index contributed by atoms with van der Waals surface area (Å²) in [6.45, 7) is 7.13. The quantitative estimate of drug-likeness (QED) is 0.129. The van der Waals surface area contributed by atoms with E-state index in [4.69, 9.17) is 17.0 Å². The van der Waals surface area contributed by atoms with E-state index < -0.39 is 5.41 Å². The van der Waals surface area contributed by atoms with E-state index in [9.17, 15) is 0 Å². The van der Waals surface area contributed by atoms with Gasteiger partial charge in [0.05, 0.1) is 22.4 Å². The van der Waals surface area contributed by atoms with Gasteiger partial charge in [0.15, 0.2) is 0 Å². The van der Waals surface area contributed by atoms with Crippen molar-refractivity contribution in [3.05, 3.63) is 134 Å². The molecule has 0 saturated heterocycles. The Morgan fingerprint density at radius 2 is 1.32 bits per heavy atom. The number of hydrogen-bond donors (Lipinski definition) is 1. The summed E-state index contributed by atoms with van der Waals surface area (Å²) in [6.07, 6.45) is 0. The Balaban J connectivity index is 1.82. The van der Waals surface area contributed by atoms with Crippen LogP contribution in [0.4, 0.5) is 5.69 Å². The molecule has 5 heteroatoms. The fraction of sp³-hybridized carbons (Fsp3) is 0.182. The molecule has 2 heterocycles. The summed E-state index contributed by atoms with van der Waals surface area (Å²) in [5.41, 5.74) is 7.29. The molecule has 1 aromatic heterocycles. The summed E-state index contributed by atoms with van der Waals surface area (Å²) in [6, 6.07) is 36.9. The highest BCUT2D eigenvalue weighted by atomic mass is 32.9. The van der Waals surface area contributed by atoms with Crippen molar-refractivity contribution < 1.29 is 4.74 Å². The van der Waals surface area contributed by atoms with Crippen LogP contribution in [-0.2, 0) is 11.0 Å². The van der Waals surface area contributed by atoms with Crippen LogP contribution >= 0.6 is 32.9 Å². The number of benzene rings is 4. The maximum Gasteiger partial charge on any atom is 0.120 e. The first-order chi connectivity index (χ1) is 18.5. The van der Waals surface area contributed by atoms with Crippen molar-refractivity contribution in [2.24, 2.45) is 0 Å². The van der Waals surface area contributed by atoms with Gasteiger partial charge in [0.1, 0.15) is 9.57 Å². The number of anilines is 1. The van der Waals surface area contributed by atoms with Crippen LogP contribution in [0.3, 0.4) is 0 Å². The van der Waals surface area contributed by atoms with E-state index in [1.54, 1.807) is 20.7 Å². The molecule has 0 spiro atoms. The van der Waals surface area contributed by atoms with Crippen LogP contribution in [-0.4, -0.2) is 6.61 Å². The largest absolute Gasteiger partial charge is 0.494 e. The third-order valence-electron chi connectivity index (χ3n) is 7.35. The molecular formula is C33H29NOS3. The molecule has 5 aromatic rings. The zero-order chi connectivity index (χ0) is 26.3. The summed E-state index contributed by atoms with van der Waals surface area (Å²) in [7, 11) is 3.46. The number of nitrogens with one attached hydrogen (secondary N) is 1. The molecule has 190 valence electrons. The lowest BCUT2D eigenvalue weighted by Gasteiger charge is -2.42. The smallest absolute Gasteiger partial charge is 0.120 e. The molecule has 6 rings (SSSR count). The number of rotatable bonds is 6. The lowest BCUT2D eigenvalue weighted by Crippen LogP contribution is -2.36. The molecule has 2 nitrogen and oxygen atoms in total. The van der Waals surface area contributed by atoms with Gasteiger partial charge in [-0.15, -0.1) is 0 Å². The second-order valence-corrected chi connectivity index (χ2v) is 12.9. The fourth-order valence-electron chi connectivity index (χ4n) is 5.80. The minimum Gasteiger partial charge on any atom is -0.494 e. The highest BCUT2D eigenvalue weighted by molar-refractivity contribution is 7.80. The lowest BCUT2D eigenvalue weighted by molar-refractivity contribution is 0.339. The molecule has 1 aliphatic rings. The van der Waals surface area contributed by atoms with Gasteiger partial charge in [-0.25, -0.2) is 0 Å². The average Bonchev–Trinajstić information content (AvgIpc) is 3.35. The third-order valence-corrected chi connectivity index (χ3v) is 10.7. The summed E-state index contributed by atoms with van der Waals surface area (Å²) in [5.74, 6) is 0.853. The highest BCUT2D eigenvalue weighted by Gasteiger charge is 2.44. The van der Waals surface area contributed by atoms with Crippen molar-refractivity contribution in [1.29, 1.82) is 0 Å². The zero-order valence-corrected chi connectivity index (χ0v) is 24.1. The van der Waals surface area contributed by atoms with Gasteiger partial charge < -0.3 is 10.1 Å². The third kappa shape index (κ3) is 3.92. The van der Waals surface area contributed by atoms with Gasteiger partial charge in [-0.1, -0.05) is 124 Å². The van der Waals surface area contributed by atoms with E-state index in [2.05, 4.69) is 122 Å². The lowest BCUT2D eigenvalue weighted by atomic mass is 9.63. The van der Waals surface area contributed by atoms with Crippen molar-refractivity contribution in [3.63, 3.8) is 0 Å². The molecule has 0 bridgehead atoms. The molecule has 0 amide bonds. The van der Waals surface area contributed by atoms with Gasteiger partial charge in [0, 0.05) is 16.8 Å². The van der Waals surface area contributed by atoms with E-state index in [1.807, 2.05) is 6.92 Å². The molecule has 1 N–H and O–H groups in total. The Kier molecular flexibility index (Phi) is 6.47. The van der Waals surface area contributed by atoms with Crippen LogP contribution in [0.15, 0.2) is 103 Å². The molecule has 1 aliphatic heterocycles. The normalized spacial score (nSPS) is 13.8. The molecule has 0 radical (unpaired) electrons. The van der Waals surface area contributed by atoms with Gasteiger partial charge in [-0.3, -0.25) is 0 Å². The molecule has 38 heavy (non-hydrogen) atoms. The predicted octanol–water partition coefficient (Wildman–Crippen LogP) is 9.65. The zero-order valence-electron chi connectivity index (χ0n) is 21.7. The molecule has 0 saturated carbocycles. The Morgan fingerprint density at radius 3 is 1.82 bits per heavy atom. The second kappa shape index (κ2) is 9.81. The maximum atomic E-state index is 6.24. The summed E-state index contributed by atoms with van der Waals surface area (Å²) in [5, 5.41) is 3.97. The van der Waals surface area contributed by atoms with Gasteiger partial charge in [-0.2, -0.15) is 0 Å². The Hall–Kier alpha value is -3.25. The van der Waals surface area contributed by atoms with Crippen LogP contribution in [0, 0.1) is 3.82 Å². The van der Waals surface area contributed by atoms with Crippen LogP contribution in [0.2, 0.25) is 0 Å². The monoisotopic (exact) mass is 551 g/mol. The van der Waals surface area contributed by atoms with Crippen molar-refractivity contribution >= 4 is 38.6 Å². The minimum atomic E-state index is -0.595. The maximum absolute atomic E-state index is 6.24. The molecule has 0 atom stereocenters. The highest BCUT2D eigenvalue weighted by Crippen LogP contribution is 2.56. The number of ether oxygens (including phenoxy) is 1.